The molecule has 0 unspecified atom stereocenters. The summed E-state index contributed by atoms with van der Waals surface area (Å²) in [6.45, 7) is 2.20. The molecule has 1 fully saturated rings. The summed E-state index contributed by atoms with van der Waals surface area (Å²) in [5, 5.41) is 11.9. The van der Waals surface area contributed by atoms with Crippen LogP contribution in [0.15, 0.2) is 10.5 Å². The lowest BCUT2D eigenvalue weighted by Gasteiger charge is -2.51. The van der Waals surface area contributed by atoms with Crippen LogP contribution in [-0.2, 0) is 34.3 Å². The number of alkyl halides is 1. The fourth-order valence-corrected chi connectivity index (χ4v) is 4.28. The highest BCUT2D eigenvalue weighted by Gasteiger charge is 2.64. The summed E-state index contributed by atoms with van der Waals surface area (Å²) in [4.78, 5) is 56.7. The first kappa shape index (κ1) is 24.4. The summed E-state index contributed by atoms with van der Waals surface area (Å²) in [5.74, 6) is -3.79. The molecule has 0 aromatic carbocycles. The van der Waals surface area contributed by atoms with Gasteiger partial charge >= 0.3 is 10.3 Å². The maximum Gasteiger partial charge on any atom is 0.364 e. The zero-order valence-corrected chi connectivity index (χ0v) is 18.6. The Morgan fingerprint density at radius 2 is 2.10 bits per heavy atom. The Labute approximate surface area is 184 Å². The Morgan fingerprint density at radius 1 is 1.45 bits per heavy atom. The van der Waals surface area contributed by atoms with Gasteiger partial charge in [0, 0.05) is 12.3 Å². The molecule has 4 N–H and O–H groups in total. The van der Waals surface area contributed by atoms with Crippen molar-refractivity contribution in [1.29, 1.82) is 0 Å². The maximum atomic E-state index is 12.8. The zero-order chi connectivity index (χ0) is 23.6. The number of halogens is 1. The molecule has 0 aliphatic carbocycles. The number of carbonyl (C=O) groups is 4. The van der Waals surface area contributed by atoms with Gasteiger partial charge in [-0.15, -0.1) is 22.9 Å². The van der Waals surface area contributed by atoms with E-state index in [0.29, 0.717) is 0 Å². The second kappa shape index (κ2) is 9.13. The molecule has 170 valence electrons. The number of β-lactam (4-membered cyclic amide) rings is 1. The molecule has 17 heteroatoms. The monoisotopic (exact) mass is 496 g/mol. The summed E-state index contributed by atoms with van der Waals surface area (Å²) in [6, 6.07) is 0. The molecular formula is C14H17ClN6O8S2. The number of nitrogens with zero attached hydrogens (tertiary/aromatic N) is 3. The van der Waals surface area contributed by atoms with Gasteiger partial charge in [-0.25, -0.2) is 4.98 Å². The van der Waals surface area contributed by atoms with Gasteiger partial charge in [0.15, 0.2) is 22.5 Å². The van der Waals surface area contributed by atoms with Gasteiger partial charge in [0.05, 0.1) is 0 Å². The Hall–Kier alpha value is -2.82. The van der Waals surface area contributed by atoms with E-state index in [0.717, 1.165) is 32.3 Å². The van der Waals surface area contributed by atoms with Crippen molar-refractivity contribution in [3.63, 3.8) is 0 Å². The van der Waals surface area contributed by atoms with Crippen LogP contribution in [0.1, 0.15) is 19.5 Å². The van der Waals surface area contributed by atoms with Crippen LogP contribution >= 0.6 is 22.9 Å². The third-order valence-electron chi connectivity index (χ3n) is 3.90. The van der Waals surface area contributed by atoms with Crippen molar-refractivity contribution < 1.29 is 37.0 Å². The Bertz CT molecular complexity index is 1060. The molecule has 1 aliphatic heterocycles. The molecule has 1 saturated heterocycles. The number of thiazole rings is 1. The van der Waals surface area contributed by atoms with Crippen molar-refractivity contribution in [3.05, 3.63) is 11.1 Å². The average molecular weight is 497 g/mol. The van der Waals surface area contributed by atoms with Crippen LogP contribution in [0.25, 0.3) is 0 Å². The summed E-state index contributed by atoms with van der Waals surface area (Å²) < 4.78 is 32.2. The predicted molar refractivity (Wildman–Crippen MR) is 108 cm³/mol. The van der Waals surface area contributed by atoms with Gasteiger partial charge in [0.25, 0.3) is 11.8 Å². The van der Waals surface area contributed by atoms with E-state index >= 15 is 0 Å². The number of nitrogens with one attached hydrogen (secondary N) is 3. The Morgan fingerprint density at radius 3 is 2.61 bits per heavy atom. The fourth-order valence-electron chi connectivity index (χ4n) is 2.57. The quantitative estimate of drug-likeness (QED) is 0.110. The largest absolute Gasteiger partial charge is 0.398 e. The number of anilines is 1. The molecule has 2 rings (SSSR count). The van der Waals surface area contributed by atoms with E-state index in [2.05, 4.69) is 30.9 Å². The lowest BCUT2D eigenvalue weighted by molar-refractivity contribution is -0.157. The Kier molecular flexibility index (Phi) is 7.20. The van der Waals surface area contributed by atoms with E-state index < -0.39 is 51.3 Å². The molecule has 0 radical (unpaired) electrons. The molecular weight excluding hydrogens is 480 g/mol. The fraction of sp³-hybridized carbons (Fsp3) is 0.429. The zero-order valence-electron chi connectivity index (χ0n) is 16.2. The summed E-state index contributed by atoms with van der Waals surface area (Å²) >= 11 is 6.36. The van der Waals surface area contributed by atoms with E-state index in [4.69, 9.17) is 11.6 Å². The van der Waals surface area contributed by atoms with Crippen LogP contribution in [0.5, 0.6) is 0 Å². The molecule has 1 aromatic rings. The number of aromatic nitrogens is 1. The smallest absolute Gasteiger partial charge is 0.364 e. The van der Waals surface area contributed by atoms with Gasteiger partial charge in [-0.1, -0.05) is 5.16 Å². The third kappa shape index (κ3) is 5.09. The first-order valence-electron chi connectivity index (χ1n) is 8.19. The van der Waals surface area contributed by atoms with E-state index in [-0.39, 0.29) is 21.0 Å². The molecule has 2 atom stereocenters. The lowest BCUT2D eigenvalue weighted by atomic mass is 9.88. The number of oxime groups is 1. The summed E-state index contributed by atoms with van der Waals surface area (Å²) in [5.41, 5.74) is -2.39. The molecule has 2 heterocycles. The third-order valence-corrected chi connectivity index (χ3v) is 5.77. The van der Waals surface area contributed by atoms with Gasteiger partial charge < -0.3 is 20.8 Å². The van der Waals surface area contributed by atoms with Gasteiger partial charge in [-0.3, -0.25) is 23.7 Å². The van der Waals surface area contributed by atoms with Gasteiger partial charge in [0.2, 0.25) is 11.8 Å². The lowest BCUT2D eigenvalue weighted by Crippen LogP contribution is -2.84. The summed E-state index contributed by atoms with van der Waals surface area (Å²) in [7, 11) is -3.86. The van der Waals surface area contributed by atoms with Gasteiger partial charge in [-0.2, -0.15) is 12.7 Å². The van der Waals surface area contributed by atoms with Crippen molar-refractivity contribution >= 4 is 67.7 Å². The highest BCUT2D eigenvalue weighted by molar-refractivity contribution is 7.84. The highest BCUT2D eigenvalue weighted by Crippen LogP contribution is 2.32. The van der Waals surface area contributed by atoms with Crippen molar-refractivity contribution in [3.8, 4) is 0 Å². The van der Waals surface area contributed by atoms with E-state index in [1.807, 2.05) is 0 Å². The Balaban J connectivity index is 2.31. The van der Waals surface area contributed by atoms with E-state index in [9.17, 15) is 32.1 Å². The molecule has 0 saturated carbocycles. The van der Waals surface area contributed by atoms with Crippen LogP contribution in [0, 0.1) is 0 Å². The van der Waals surface area contributed by atoms with Crippen molar-refractivity contribution in [1.82, 2.24) is 19.9 Å². The number of rotatable bonds is 8. The molecule has 0 spiro atoms. The van der Waals surface area contributed by atoms with E-state index in [1.54, 1.807) is 0 Å². The minimum absolute atomic E-state index is 0.0183. The highest BCUT2D eigenvalue weighted by atomic mass is 35.5. The molecule has 4 amide bonds. The van der Waals surface area contributed by atoms with Gasteiger partial charge in [-0.05, 0) is 6.92 Å². The SMILES string of the molecule is CON=C(C(=O)N[C@@]1(C)C(=O)N(S(=O)(=O)O)[C@H]1NC(C)=O)c1csc(NC(=O)CCl)n1. The topological polar surface area (TPSA) is 196 Å². The number of hydrogen-bond acceptors (Lipinski definition) is 10. The van der Waals surface area contributed by atoms with Crippen molar-refractivity contribution in [2.45, 2.75) is 25.6 Å². The maximum absolute atomic E-state index is 12.8. The molecule has 0 bridgehead atoms. The van der Waals surface area contributed by atoms with Crippen LogP contribution in [-0.4, -0.2) is 76.3 Å². The van der Waals surface area contributed by atoms with E-state index in [1.165, 1.54) is 5.38 Å². The number of hydrogen-bond donors (Lipinski definition) is 4. The molecule has 1 aliphatic rings. The number of carbonyl (C=O) groups excluding carboxylic acids is 4. The molecule has 1 aromatic heterocycles. The van der Waals surface area contributed by atoms with Crippen LogP contribution < -0.4 is 16.0 Å². The molecule has 14 nitrogen and oxygen atoms in total. The first-order chi connectivity index (χ1) is 14.3. The minimum atomic E-state index is -5.01. The van der Waals surface area contributed by atoms with Crippen molar-refractivity contribution in [2.75, 3.05) is 18.3 Å². The molecule has 31 heavy (non-hydrogen) atoms. The predicted octanol–water partition coefficient (Wildman–Crippen LogP) is -1.35. The standard InChI is InChI=1S/C14H17ClN6O8S2/c1-6(22)16-11-14(2,12(25)21(11)31(26,27)28)19-10(24)9(20-29-3)7-5-30-13(17-7)18-8(23)4-15/h5,11H,4H2,1-3H3,(H,16,22)(H,19,24)(H,17,18,23)(H,26,27,28)/t11-,14-/m1/s1. The first-order valence-corrected chi connectivity index (χ1v) is 11.0. The van der Waals surface area contributed by atoms with Crippen LogP contribution in [0.2, 0.25) is 0 Å². The minimum Gasteiger partial charge on any atom is -0.398 e. The van der Waals surface area contributed by atoms with Gasteiger partial charge in [0.1, 0.15) is 18.7 Å². The van der Waals surface area contributed by atoms with Crippen LogP contribution in [0.4, 0.5) is 5.13 Å². The summed E-state index contributed by atoms with van der Waals surface area (Å²) in [6.07, 6.45) is -1.60. The average Bonchev–Trinajstić information content (AvgIpc) is 3.11. The number of amides is 4. The normalized spacial score (nSPS) is 21.2. The second-order valence-corrected chi connectivity index (χ2v) is 8.59. The van der Waals surface area contributed by atoms with Crippen molar-refractivity contribution in [2.24, 2.45) is 5.16 Å². The second-order valence-electron chi connectivity index (χ2n) is 6.18. The van der Waals surface area contributed by atoms with Crippen LogP contribution in [0.3, 0.4) is 0 Å².